The van der Waals surface area contributed by atoms with Crippen LogP contribution in [0, 0.1) is 0 Å². The summed E-state index contributed by atoms with van der Waals surface area (Å²) in [6.07, 6.45) is 6.61. The largest absolute Gasteiger partial charge is 0.214 e. The van der Waals surface area contributed by atoms with Crippen LogP contribution >= 0.6 is 34.9 Å². The molecule has 0 aliphatic carbocycles. The maximum absolute atomic E-state index is 12.7. The van der Waals surface area contributed by atoms with Crippen molar-refractivity contribution < 1.29 is 8.42 Å². The number of hydrogen-bond acceptors (Lipinski definition) is 7. The molecule has 2 rings (SSSR count). The fraction of sp³-hybridized carbons (Fsp3) is 0.680. The van der Waals surface area contributed by atoms with Gasteiger partial charge in [-0.05, 0) is 49.1 Å². The number of benzene rings is 1. The molecule has 0 bridgehead atoms. The van der Waals surface area contributed by atoms with Gasteiger partial charge in [0.05, 0.1) is 5.75 Å². The number of thioether (sulfide) groups is 2. The lowest BCUT2D eigenvalue weighted by Crippen LogP contribution is -2.34. The van der Waals surface area contributed by atoms with Crippen molar-refractivity contribution in [1.29, 1.82) is 0 Å². The van der Waals surface area contributed by atoms with Crippen LogP contribution in [-0.2, 0) is 15.8 Å². The van der Waals surface area contributed by atoms with E-state index in [0.29, 0.717) is 25.4 Å². The summed E-state index contributed by atoms with van der Waals surface area (Å²) in [7, 11) is -3.16. The third kappa shape index (κ3) is 10.6. The van der Waals surface area contributed by atoms with Gasteiger partial charge in [-0.1, -0.05) is 99.7 Å². The van der Waals surface area contributed by atoms with E-state index in [4.69, 9.17) is 0 Å². The van der Waals surface area contributed by atoms with Crippen LogP contribution in [0.3, 0.4) is 0 Å². The SMILES string of the molecule is CCCCN(CCCC)S(=O)(=O)CCCCSc1nnc(SCc2ccc(C(C)CC)cc2)s1. The highest BCUT2D eigenvalue weighted by Gasteiger charge is 2.20. The summed E-state index contributed by atoms with van der Waals surface area (Å²) < 4.78 is 29.1. The van der Waals surface area contributed by atoms with Crippen molar-refractivity contribution in [3.8, 4) is 0 Å². The van der Waals surface area contributed by atoms with Gasteiger partial charge >= 0.3 is 0 Å². The van der Waals surface area contributed by atoms with E-state index in [1.807, 2.05) is 0 Å². The van der Waals surface area contributed by atoms with Crippen molar-refractivity contribution in [3.05, 3.63) is 35.4 Å². The van der Waals surface area contributed by atoms with Gasteiger partial charge in [0.25, 0.3) is 0 Å². The zero-order valence-electron chi connectivity index (χ0n) is 21.2. The first kappa shape index (κ1) is 29.6. The Labute approximate surface area is 220 Å². The van der Waals surface area contributed by atoms with Crippen LogP contribution < -0.4 is 0 Å². The molecule has 0 saturated heterocycles. The van der Waals surface area contributed by atoms with Crippen molar-refractivity contribution in [2.75, 3.05) is 24.6 Å². The molecule has 1 aromatic carbocycles. The molecule has 34 heavy (non-hydrogen) atoms. The molecule has 0 amide bonds. The van der Waals surface area contributed by atoms with Crippen LogP contribution in [0.1, 0.15) is 89.7 Å². The number of unbranched alkanes of at least 4 members (excludes halogenated alkanes) is 3. The van der Waals surface area contributed by atoms with Gasteiger partial charge in [-0.3, -0.25) is 0 Å². The summed E-state index contributed by atoms with van der Waals surface area (Å²) >= 11 is 5.03. The Balaban J connectivity index is 1.70. The minimum absolute atomic E-state index is 0.244. The zero-order chi connectivity index (χ0) is 24.8. The molecule has 0 radical (unpaired) electrons. The van der Waals surface area contributed by atoms with Crippen molar-refractivity contribution in [2.24, 2.45) is 0 Å². The Morgan fingerprint density at radius 3 is 2.12 bits per heavy atom. The van der Waals surface area contributed by atoms with E-state index in [1.165, 1.54) is 11.1 Å². The van der Waals surface area contributed by atoms with E-state index < -0.39 is 10.0 Å². The fourth-order valence-corrected chi connectivity index (χ4v) is 8.06. The molecule has 1 heterocycles. The van der Waals surface area contributed by atoms with E-state index >= 15 is 0 Å². The number of aromatic nitrogens is 2. The topological polar surface area (TPSA) is 63.2 Å². The quantitative estimate of drug-likeness (QED) is 0.144. The zero-order valence-corrected chi connectivity index (χ0v) is 24.4. The average Bonchev–Trinajstić information content (AvgIpc) is 3.30. The van der Waals surface area contributed by atoms with Gasteiger partial charge in [-0.15, -0.1) is 10.2 Å². The van der Waals surface area contributed by atoms with Crippen LogP contribution in [-0.4, -0.2) is 47.5 Å². The third-order valence-corrected chi connectivity index (χ3v) is 11.2. The number of nitrogens with zero attached hydrogens (tertiary/aromatic N) is 3. The summed E-state index contributed by atoms with van der Waals surface area (Å²) in [6, 6.07) is 8.90. The highest BCUT2D eigenvalue weighted by Crippen LogP contribution is 2.31. The summed E-state index contributed by atoms with van der Waals surface area (Å²) in [5.74, 6) is 2.61. The van der Waals surface area contributed by atoms with Gasteiger partial charge in [0.2, 0.25) is 10.0 Å². The standard InChI is InChI=1S/C25H41N3O2S4/c1-5-8-16-28(17-9-6-2)34(29,30)19-11-10-18-31-24-26-27-25(33-24)32-20-22-12-14-23(15-13-22)21(4)7-3/h12-15,21H,5-11,16-20H2,1-4H3. The van der Waals surface area contributed by atoms with Crippen LogP contribution in [0.2, 0.25) is 0 Å². The number of hydrogen-bond donors (Lipinski definition) is 0. The predicted octanol–water partition coefficient (Wildman–Crippen LogP) is 7.45. The lowest BCUT2D eigenvalue weighted by molar-refractivity contribution is 0.394. The number of sulfonamides is 1. The molecule has 0 aliphatic heterocycles. The van der Waals surface area contributed by atoms with Gasteiger partial charge in [-0.25, -0.2) is 12.7 Å². The second-order valence-electron chi connectivity index (χ2n) is 8.65. The molecule has 5 nitrogen and oxygen atoms in total. The second-order valence-corrected chi connectivity index (χ2v) is 14.3. The molecule has 192 valence electrons. The lowest BCUT2D eigenvalue weighted by Gasteiger charge is -2.21. The second kappa shape index (κ2) is 16.2. The molecular formula is C25H41N3O2S4. The predicted molar refractivity (Wildman–Crippen MR) is 150 cm³/mol. The highest BCUT2D eigenvalue weighted by molar-refractivity contribution is 8.02. The normalized spacial score (nSPS) is 13.0. The first-order valence-corrected chi connectivity index (χ1v) is 16.9. The molecular weight excluding hydrogens is 503 g/mol. The molecule has 0 saturated carbocycles. The van der Waals surface area contributed by atoms with Gasteiger partial charge < -0.3 is 0 Å². The fourth-order valence-electron chi connectivity index (χ4n) is 3.37. The molecule has 1 atom stereocenters. The van der Waals surface area contributed by atoms with Gasteiger partial charge in [-0.2, -0.15) is 0 Å². The smallest absolute Gasteiger partial charge is 0.212 e. The summed E-state index contributed by atoms with van der Waals surface area (Å²) in [5.41, 5.74) is 2.70. The number of rotatable bonds is 18. The van der Waals surface area contributed by atoms with Crippen molar-refractivity contribution in [3.63, 3.8) is 0 Å². The maximum Gasteiger partial charge on any atom is 0.214 e. The molecule has 0 N–H and O–H groups in total. The maximum atomic E-state index is 12.7. The molecule has 0 spiro atoms. The minimum Gasteiger partial charge on any atom is -0.212 e. The molecule has 9 heteroatoms. The van der Waals surface area contributed by atoms with Gasteiger partial charge in [0.1, 0.15) is 0 Å². The van der Waals surface area contributed by atoms with Crippen LogP contribution in [0.4, 0.5) is 0 Å². The van der Waals surface area contributed by atoms with E-state index in [-0.39, 0.29) is 5.75 Å². The Kier molecular flexibility index (Phi) is 14.1. The van der Waals surface area contributed by atoms with Gasteiger partial charge in [0, 0.05) is 24.6 Å². The Morgan fingerprint density at radius 2 is 1.53 bits per heavy atom. The van der Waals surface area contributed by atoms with E-state index in [1.54, 1.807) is 39.2 Å². The Hall–Kier alpha value is -0.610. The summed E-state index contributed by atoms with van der Waals surface area (Å²) in [4.78, 5) is 0. The first-order chi connectivity index (χ1) is 16.4. The van der Waals surface area contributed by atoms with Crippen LogP contribution in [0.15, 0.2) is 32.9 Å². The van der Waals surface area contributed by atoms with Crippen molar-refractivity contribution in [1.82, 2.24) is 14.5 Å². The molecule has 0 fully saturated rings. The van der Waals surface area contributed by atoms with Crippen molar-refractivity contribution >= 4 is 44.9 Å². The Bertz CT molecular complexity index is 908. The molecule has 0 aliphatic rings. The molecule has 1 unspecified atom stereocenters. The molecule has 1 aromatic heterocycles. The monoisotopic (exact) mass is 543 g/mol. The highest BCUT2D eigenvalue weighted by atomic mass is 32.2. The first-order valence-electron chi connectivity index (χ1n) is 12.5. The van der Waals surface area contributed by atoms with E-state index in [0.717, 1.165) is 58.7 Å². The summed E-state index contributed by atoms with van der Waals surface area (Å²) in [5, 5.41) is 8.62. The van der Waals surface area contributed by atoms with E-state index in [2.05, 4.69) is 62.2 Å². The van der Waals surface area contributed by atoms with Gasteiger partial charge in [0.15, 0.2) is 8.68 Å². The van der Waals surface area contributed by atoms with Crippen molar-refractivity contribution in [2.45, 2.75) is 93.0 Å². The lowest BCUT2D eigenvalue weighted by atomic mass is 9.98. The minimum atomic E-state index is -3.16. The third-order valence-electron chi connectivity index (χ3n) is 5.85. The average molecular weight is 544 g/mol. The van der Waals surface area contributed by atoms with Crippen LogP contribution in [0.5, 0.6) is 0 Å². The van der Waals surface area contributed by atoms with E-state index in [9.17, 15) is 8.42 Å². The molecule has 2 aromatic rings. The Morgan fingerprint density at radius 1 is 0.912 bits per heavy atom. The van der Waals surface area contributed by atoms with Crippen LogP contribution in [0.25, 0.3) is 0 Å². The summed E-state index contributed by atoms with van der Waals surface area (Å²) in [6.45, 7) is 9.99.